The van der Waals surface area contributed by atoms with E-state index in [4.69, 9.17) is 13.2 Å². The fourth-order valence-electron chi connectivity index (χ4n) is 10.3. The Labute approximate surface area is 374 Å². The van der Waals surface area contributed by atoms with E-state index in [0.717, 1.165) is 22.8 Å². The molecule has 2 aliphatic rings. The lowest BCUT2D eigenvalue weighted by molar-refractivity contribution is 0.861. The van der Waals surface area contributed by atoms with Crippen LogP contribution >= 0.6 is 23.5 Å². The summed E-state index contributed by atoms with van der Waals surface area (Å²) in [4.78, 5) is 7.37. The summed E-state index contributed by atoms with van der Waals surface area (Å²) in [5.74, 6) is 0. The van der Waals surface area contributed by atoms with Crippen molar-refractivity contribution < 1.29 is 0 Å². The molecule has 0 atom stereocenters. The summed E-state index contributed by atoms with van der Waals surface area (Å²) in [6.07, 6.45) is 0. The van der Waals surface area contributed by atoms with Gasteiger partial charge in [-0.05, 0) is 123 Å². The van der Waals surface area contributed by atoms with Crippen LogP contribution in [0.5, 0.6) is 0 Å². The number of hydrogen-bond donors (Lipinski definition) is 0. The lowest BCUT2D eigenvalue weighted by Gasteiger charge is -2.40. The van der Waals surface area contributed by atoms with E-state index in [1.165, 1.54) is 96.7 Å². The molecule has 63 heavy (non-hydrogen) atoms. The maximum atomic E-state index is 4.88. The first-order valence-corrected chi connectivity index (χ1v) is 23.0. The van der Waals surface area contributed by atoms with Gasteiger partial charge in [-0.2, -0.15) is 0 Å². The third kappa shape index (κ3) is 5.35. The summed E-state index contributed by atoms with van der Waals surface area (Å²) in [7, 11) is 0. The molecule has 0 aliphatic carbocycles. The summed E-state index contributed by atoms with van der Waals surface area (Å²) in [6, 6.07) is 75.7. The van der Waals surface area contributed by atoms with Gasteiger partial charge in [-0.25, -0.2) is 0 Å². The molecule has 4 heteroatoms. The molecule has 1 saturated heterocycles. The molecule has 0 unspecified atom stereocenters. The first-order valence-electron chi connectivity index (χ1n) is 21.4. The molecule has 0 radical (unpaired) electrons. The molecule has 0 bridgehead atoms. The van der Waals surface area contributed by atoms with Crippen LogP contribution in [0.1, 0.15) is 0 Å². The number of rotatable bonds is 4. The molecule has 0 saturated carbocycles. The van der Waals surface area contributed by atoms with Crippen molar-refractivity contribution in [3.63, 3.8) is 0 Å². The van der Waals surface area contributed by atoms with Gasteiger partial charge in [0.25, 0.3) is 0 Å². The van der Waals surface area contributed by atoms with Crippen LogP contribution in [0.25, 0.3) is 86.9 Å². The quantitative estimate of drug-likeness (QED) is 0.163. The standard InChI is InChI=1S/C59H38N2S2/c1-37-38(2)61(42-30-32-52-48-26-12-10-22-44(48)46-24-14-16-28-50(46)56(52)34-42)59(60(37)41-29-31-51-47-25-11-9-21-43(47)45-23-13-15-27-49(45)55(51)33-41)62-57-35-53(39-17-5-3-6-18-39)54(36-58(57)63-59)40-19-7-4-8-20-40/h3-36H,1-2H2. The second kappa shape index (κ2) is 13.9. The fourth-order valence-corrected chi connectivity index (χ4v) is 13.8. The second-order valence-corrected chi connectivity index (χ2v) is 19.2. The van der Waals surface area contributed by atoms with Crippen LogP contribution in [0, 0.1) is 0 Å². The van der Waals surface area contributed by atoms with Crippen molar-refractivity contribution in [2.75, 3.05) is 9.80 Å². The molecule has 11 aromatic carbocycles. The van der Waals surface area contributed by atoms with Crippen LogP contribution in [0.15, 0.2) is 241 Å². The molecule has 1 fully saturated rings. The van der Waals surface area contributed by atoms with Gasteiger partial charge in [0.05, 0.1) is 11.4 Å². The van der Waals surface area contributed by atoms with Gasteiger partial charge in [0.1, 0.15) is 0 Å². The van der Waals surface area contributed by atoms with Crippen molar-refractivity contribution in [1.82, 2.24) is 0 Å². The molecule has 1 spiro atoms. The zero-order valence-corrected chi connectivity index (χ0v) is 35.9. The Morgan fingerprint density at radius 1 is 0.302 bits per heavy atom. The number of nitrogens with zero attached hydrogens (tertiary/aromatic N) is 2. The van der Waals surface area contributed by atoms with Gasteiger partial charge >= 0.3 is 0 Å². The zero-order chi connectivity index (χ0) is 41.8. The van der Waals surface area contributed by atoms with Crippen molar-refractivity contribution in [1.29, 1.82) is 0 Å². The van der Waals surface area contributed by atoms with E-state index < -0.39 is 4.33 Å². The zero-order valence-electron chi connectivity index (χ0n) is 34.3. The maximum Gasteiger partial charge on any atom is 0.229 e. The molecule has 0 aromatic heterocycles. The Balaban J connectivity index is 1.06. The topological polar surface area (TPSA) is 6.48 Å². The Hall–Kier alpha value is -7.24. The van der Waals surface area contributed by atoms with Crippen molar-refractivity contribution in [2.24, 2.45) is 0 Å². The lowest BCUT2D eigenvalue weighted by atomic mass is 9.94. The Bertz CT molecular complexity index is 3430. The van der Waals surface area contributed by atoms with Gasteiger partial charge in [-0.15, -0.1) is 0 Å². The van der Waals surface area contributed by atoms with Gasteiger partial charge in [-0.3, -0.25) is 9.80 Å². The molecular weight excluding hydrogens is 801 g/mol. The Kier molecular flexibility index (Phi) is 8.03. The van der Waals surface area contributed by atoms with Crippen LogP contribution in [0.2, 0.25) is 0 Å². The van der Waals surface area contributed by atoms with Crippen LogP contribution in [0.4, 0.5) is 11.4 Å². The summed E-state index contributed by atoms with van der Waals surface area (Å²) < 4.78 is -0.736. The first-order chi connectivity index (χ1) is 31.1. The highest BCUT2D eigenvalue weighted by Gasteiger charge is 2.57. The predicted octanol–water partition coefficient (Wildman–Crippen LogP) is 16.8. The van der Waals surface area contributed by atoms with E-state index in [1.807, 2.05) is 23.5 Å². The SMILES string of the molecule is C=C1C(=C)N(c2ccc3c4ccccc4c4ccccc4c3c2)C2(Sc3cc(-c4ccccc4)c(-c4ccccc4)cc3S2)N1c1ccc2c3ccccc3c3ccccc3c2c1. The van der Waals surface area contributed by atoms with Crippen LogP contribution < -0.4 is 9.80 Å². The van der Waals surface area contributed by atoms with E-state index in [2.05, 4.69) is 216 Å². The lowest BCUT2D eigenvalue weighted by Crippen LogP contribution is -2.46. The highest BCUT2D eigenvalue weighted by atomic mass is 32.2. The minimum atomic E-state index is -0.736. The normalized spacial score (nSPS) is 14.7. The number of thioether (sulfide) groups is 2. The molecule has 0 amide bonds. The molecule has 296 valence electrons. The minimum absolute atomic E-state index is 0.736. The van der Waals surface area contributed by atoms with Gasteiger partial charge < -0.3 is 0 Å². The average molecular weight is 839 g/mol. The minimum Gasteiger partial charge on any atom is -0.298 e. The largest absolute Gasteiger partial charge is 0.298 e. The van der Waals surface area contributed by atoms with Crippen molar-refractivity contribution in [2.45, 2.75) is 14.1 Å². The number of fused-ring (bicyclic) bond motifs is 13. The Morgan fingerprint density at radius 2 is 0.587 bits per heavy atom. The highest BCUT2D eigenvalue weighted by Crippen LogP contribution is 2.67. The third-order valence-electron chi connectivity index (χ3n) is 13.1. The molecule has 2 heterocycles. The fraction of sp³-hybridized carbons (Fsp3) is 0.0169. The van der Waals surface area contributed by atoms with E-state index in [0.29, 0.717) is 0 Å². The smallest absolute Gasteiger partial charge is 0.229 e. The van der Waals surface area contributed by atoms with E-state index in [-0.39, 0.29) is 0 Å². The summed E-state index contributed by atoms with van der Waals surface area (Å²) >= 11 is 3.78. The first kappa shape index (κ1) is 36.4. The van der Waals surface area contributed by atoms with Crippen molar-refractivity contribution >= 4 is 99.5 Å². The number of hydrogen-bond acceptors (Lipinski definition) is 4. The van der Waals surface area contributed by atoms with Crippen molar-refractivity contribution in [3.8, 4) is 22.3 Å². The van der Waals surface area contributed by atoms with Gasteiger partial charge in [0.15, 0.2) is 0 Å². The molecule has 11 aromatic rings. The summed E-state index contributed by atoms with van der Waals surface area (Å²) in [5.41, 5.74) is 8.73. The van der Waals surface area contributed by atoms with Crippen molar-refractivity contribution in [3.05, 3.63) is 231 Å². The van der Waals surface area contributed by atoms with E-state index in [9.17, 15) is 0 Å². The monoisotopic (exact) mass is 838 g/mol. The number of benzene rings is 11. The van der Waals surface area contributed by atoms with Gasteiger partial charge in [0.2, 0.25) is 4.33 Å². The third-order valence-corrected chi connectivity index (χ3v) is 16.2. The predicted molar refractivity (Wildman–Crippen MR) is 273 cm³/mol. The molecule has 2 nitrogen and oxygen atoms in total. The molecule has 2 aliphatic heterocycles. The van der Waals surface area contributed by atoms with Gasteiger partial charge in [-0.1, -0.05) is 207 Å². The summed E-state index contributed by atoms with van der Waals surface area (Å²) in [5, 5.41) is 15.0. The van der Waals surface area contributed by atoms with Crippen LogP contribution in [0.3, 0.4) is 0 Å². The second-order valence-electron chi connectivity index (χ2n) is 16.5. The summed E-state index contributed by atoms with van der Waals surface area (Å²) in [6.45, 7) is 9.77. The van der Waals surface area contributed by atoms with Gasteiger partial charge in [0, 0.05) is 21.2 Å². The number of anilines is 2. The molecule has 0 N–H and O–H groups in total. The van der Waals surface area contributed by atoms with E-state index in [1.54, 1.807) is 0 Å². The average Bonchev–Trinajstić information content (AvgIpc) is 3.82. The van der Waals surface area contributed by atoms with E-state index >= 15 is 0 Å². The maximum absolute atomic E-state index is 4.88. The Morgan fingerprint density at radius 3 is 0.921 bits per heavy atom. The van der Waals surface area contributed by atoms with Crippen LogP contribution in [-0.2, 0) is 0 Å². The molecular formula is C59H38N2S2. The van der Waals surface area contributed by atoms with Crippen LogP contribution in [-0.4, -0.2) is 4.33 Å². The highest BCUT2D eigenvalue weighted by molar-refractivity contribution is 8.21. The molecule has 13 rings (SSSR count).